The van der Waals surface area contributed by atoms with Crippen molar-refractivity contribution in [1.82, 2.24) is 0 Å². The highest BCUT2D eigenvalue weighted by Crippen LogP contribution is 2.64. The van der Waals surface area contributed by atoms with Crippen molar-refractivity contribution < 1.29 is 14.9 Å². The fourth-order valence-corrected chi connectivity index (χ4v) is 7.61. The monoisotopic (exact) mass is 454 g/mol. The van der Waals surface area contributed by atoms with Gasteiger partial charge in [-0.05, 0) is 115 Å². The number of hydrogen-bond acceptors (Lipinski definition) is 3. The molecule has 0 unspecified atom stereocenters. The van der Waals surface area contributed by atoms with Crippen LogP contribution < -0.4 is 4.74 Å². The second-order valence-electron chi connectivity index (χ2n) is 11.1. The molecule has 5 atom stereocenters. The summed E-state index contributed by atoms with van der Waals surface area (Å²) in [6, 6.07) is 24.1. The summed E-state index contributed by atoms with van der Waals surface area (Å²) in [6.45, 7) is 2.36. The Bertz CT molecular complexity index is 1170. The lowest BCUT2D eigenvalue weighted by atomic mass is 9.53. The fourth-order valence-electron chi connectivity index (χ4n) is 7.61. The lowest BCUT2D eigenvalue weighted by Crippen LogP contribution is -2.51. The highest BCUT2D eigenvalue weighted by molar-refractivity contribution is 5.40. The highest BCUT2D eigenvalue weighted by atomic mass is 16.5. The lowest BCUT2D eigenvalue weighted by molar-refractivity contribution is -0.102. The molecule has 0 bridgehead atoms. The maximum atomic E-state index is 12.1. The van der Waals surface area contributed by atoms with E-state index in [9.17, 15) is 10.2 Å². The summed E-state index contributed by atoms with van der Waals surface area (Å²) in [6.07, 6.45) is 7.08. The highest BCUT2D eigenvalue weighted by Gasteiger charge is 2.61. The third-order valence-electron chi connectivity index (χ3n) is 9.43. The van der Waals surface area contributed by atoms with Crippen molar-refractivity contribution in [3.63, 3.8) is 0 Å². The van der Waals surface area contributed by atoms with E-state index in [2.05, 4.69) is 25.1 Å². The second kappa shape index (κ2) is 8.16. The van der Waals surface area contributed by atoms with Gasteiger partial charge in [-0.3, -0.25) is 0 Å². The van der Waals surface area contributed by atoms with Crippen molar-refractivity contribution >= 4 is 0 Å². The van der Waals surface area contributed by atoms with Crippen molar-refractivity contribution in [1.29, 1.82) is 0 Å². The minimum Gasteiger partial charge on any atom is -0.508 e. The Morgan fingerprint density at radius 3 is 2.44 bits per heavy atom. The summed E-state index contributed by atoms with van der Waals surface area (Å²) >= 11 is 0. The van der Waals surface area contributed by atoms with Crippen LogP contribution in [0.15, 0.2) is 72.8 Å². The summed E-state index contributed by atoms with van der Waals surface area (Å²) in [7, 11) is 0. The van der Waals surface area contributed by atoms with Gasteiger partial charge in [0.05, 0.1) is 5.60 Å². The molecule has 0 aliphatic heterocycles. The zero-order valence-electron chi connectivity index (χ0n) is 19.9. The number of hydrogen-bond donors (Lipinski definition) is 2. The van der Waals surface area contributed by atoms with Crippen LogP contribution in [0.3, 0.4) is 0 Å². The van der Waals surface area contributed by atoms with E-state index in [0.717, 1.165) is 43.6 Å². The van der Waals surface area contributed by atoms with Gasteiger partial charge in [0.25, 0.3) is 0 Å². The normalized spacial score (nSPS) is 31.9. The van der Waals surface area contributed by atoms with Gasteiger partial charge in [-0.15, -0.1) is 0 Å². The van der Waals surface area contributed by atoms with Crippen LogP contribution in [0.2, 0.25) is 0 Å². The van der Waals surface area contributed by atoms with E-state index in [-0.39, 0.29) is 5.41 Å². The number of rotatable bonds is 4. The predicted octanol–water partition coefficient (Wildman–Crippen LogP) is 7.01. The Morgan fingerprint density at radius 1 is 0.882 bits per heavy atom. The van der Waals surface area contributed by atoms with Crippen molar-refractivity contribution in [3.05, 3.63) is 89.5 Å². The van der Waals surface area contributed by atoms with E-state index in [1.54, 1.807) is 0 Å². The third kappa shape index (κ3) is 3.53. The largest absolute Gasteiger partial charge is 0.508 e. The number of aliphatic hydroxyl groups is 1. The second-order valence-corrected chi connectivity index (χ2v) is 11.1. The summed E-state index contributed by atoms with van der Waals surface area (Å²) in [5, 5.41) is 22.0. The van der Waals surface area contributed by atoms with Crippen LogP contribution in [0.5, 0.6) is 17.2 Å². The summed E-state index contributed by atoms with van der Waals surface area (Å²) in [5.41, 5.74) is 3.23. The van der Waals surface area contributed by atoms with Crippen LogP contribution in [0, 0.1) is 17.3 Å². The van der Waals surface area contributed by atoms with Gasteiger partial charge in [-0.25, -0.2) is 0 Å². The molecule has 0 heterocycles. The smallest absolute Gasteiger partial charge is 0.127 e. The van der Waals surface area contributed by atoms with Gasteiger partial charge in [0.15, 0.2) is 0 Å². The molecule has 0 aromatic heterocycles. The average Bonchev–Trinajstić information content (AvgIpc) is 3.11. The Labute approximate surface area is 202 Å². The molecule has 3 heteroatoms. The topological polar surface area (TPSA) is 49.7 Å². The fraction of sp³-hybridized carbons (Fsp3) is 0.419. The van der Waals surface area contributed by atoms with Crippen LogP contribution in [0.4, 0.5) is 0 Å². The van der Waals surface area contributed by atoms with Gasteiger partial charge in [0.2, 0.25) is 0 Å². The Balaban J connectivity index is 1.20. The zero-order valence-corrected chi connectivity index (χ0v) is 19.9. The number of fused-ring (bicyclic) bond motifs is 5. The quantitative estimate of drug-likeness (QED) is 0.446. The molecular formula is C31H34O3. The number of phenolic OH excluding ortho intramolecular Hbond substituents is 1. The molecule has 2 N–H and O–H groups in total. The number of ether oxygens (including phenoxy) is 1. The molecule has 2 saturated carbocycles. The molecule has 3 aromatic carbocycles. The van der Waals surface area contributed by atoms with E-state index in [4.69, 9.17) is 4.74 Å². The van der Waals surface area contributed by atoms with Crippen molar-refractivity contribution in [2.45, 2.75) is 63.4 Å². The number of aryl methyl sites for hydroxylation is 1. The molecule has 2 fully saturated rings. The molecule has 3 aliphatic rings. The first kappa shape index (κ1) is 21.7. The van der Waals surface area contributed by atoms with Gasteiger partial charge in [-0.2, -0.15) is 0 Å². The number of aromatic hydroxyl groups is 1. The van der Waals surface area contributed by atoms with E-state index in [1.807, 2.05) is 54.6 Å². The molecule has 6 rings (SSSR count). The SMILES string of the molecule is C[C@]12CC[C@@H]3c4ccc(O)cc4CC[C@H]3[C@@H]1CC[C@@]2(O)Cc1ccc(Oc2ccccc2)cc1. The Hall–Kier alpha value is -2.78. The van der Waals surface area contributed by atoms with Gasteiger partial charge >= 0.3 is 0 Å². The van der Waals surface area contributed by atoms with Crippen LogP contribution in [-0.4, -0.2) is 15.8 Å². The molecule has 3 aromatic rings. The minimum atomic E-state index is -0.667. The first-order chi connectivity index (χ1) is 16.5. The standard InChI is InChI=1S/C31H34O3/c1-30-17-15-27-26-14-10-23(32)19-22(26)9-13-28(27)29(30)16-18-31(30,33)20-21-7-11-25(12-8-21)34-24-5-3-2-4-6-24/h2-8,10-12,14,19,27-29,32-33H,9,13,15-18,20H2,1H3/t27-,28-,29+,30+,31-/m1/s1. The minimum absolute atomic E-state index is 0.0538. The van der Waals surface area contributed by atoms with E-state index in [1.165, 1.54) is 23.1 Å². The first-order valence-corrected chi connectivity index (χ1v) is 12.8. The maximum absolute atomic E-state index is 12.1. The first-order valence-electron chi connectivity index (χ1n) is 12.8. The number of para-hydroxylation sites is 1. The summed E-state index contributed by atoms with van der Waals surface area (Å²) in [4.78, 5) is 0. The van der Waals surface area contributed by atoms with Gasteiger partial charge in [0.1, 0.15) is 17.2 Å². The van der Waals surface area contributed by atoms with Crippen LogP contribution in [-0.2, 0) is 12.8 Å². The van der Waals surface area contributed by atoms with Crippen molar-refractivity contribution in [2.75, 3.05) is 0 Å². The third-order valence-corrected chi connectivity index (χ3v) is 9.43. The molecular weight excluding hydrogens is 420 g/mol. The van der Waals surface area contributed by atoms with Crippen LogP contribution >= 0.6 is 0 Å². The number of phenols is 1. The van der Waals surface area contributed by atoms with Crippen LogP contribution in [0.1, 0.15) is 61.6 Å². The molecule has 34 heavy (non-hydrogen) atoms. The summed E-state index contributed by atoms with van der Waals surface area (Å²) in [5.74, 6) is 3.80. The average molecular weight is 455 g/mol. The van der Waals surface area contributed by atoms with Gasteiger partial charge in [-0.1, -0.05) is 43.3 Å². The molecule has 3 nitrogen and oxygen atoms in total. The van der Waals surface area contributed by atoms with E-state index >= 15 is 0 Å². The van der Waals surface area contributed by atoms with Gasteiger partial charge < -0.3 is 14.9 Å². The Kier molecular flexibility index (Phi) is 5.22. The Morgan fingerprint density at radius 2 is 1.65 bits per heavy atom. The van der Waals surface area contributed by atoms with Gasteiger partial charge in [0, 0.05) is 6.42 Å². The van der Waals surface area contributed by atoms with Crippen molar-refractivity contribution in [3.8, 4) is 17.2 Å². The lowest BCUT2D eigenvalue weighted by Gasteiger charge is -2.53. The molecule has 176 valence electrons. The van der Waals surface area contributed by atoms with E-state index in [0.29, 0.717) is 29.9 Å². The van der Waals surface area contributed by atoms with Crippen molar-refractivity contribution in [2.24, 2.45) is 17.3 Å². The van der Waals surface area contributed by atoms with E-state index < -0.39 is 5.60 Å². The zero-order chi connectivity index (χ0) is 23.3. The molecule has 0 radical (unpaired) electrons. The molecule has 3 aliphatic carbocycles. The summed E-state index contributed by atoms with van der Waals surface area (Å²) < 4.78 is 5.95. The molecule has 0 spiro atoms. The maximum Gasteiger partial charge on any atom is 0.127 e. The van der Waals surface area contributed by atoms with Crippen LogP contribution in [0.25, 0.3) is 0 Å². The predicted molar refractivity (Wildman–Crippen MR) is 134 cm³/mol. The molecule has 0 saturated heterocycles. The number of benzene rings is 3. The molecule has 0 amide bonds.